The third kappa shape index (κ3) is 6.58. The average Bonchev–Trinajstić information content (AvgIpc) is 3.22. The molecule has 2 aromatic heterocycles. The van der Waals surface area contributed by atoms with E-state index in [1.165, 1.54) is 36.7 Å². The van der Waals surface area contributed by atoms with Crippen LogP contribution in [0.15, 0.2) is 41.1 Å². The number of hydrogen-bond acceptors (Lipinski definition) is 9. The first-order valence-electron chi connectivity index (χ1n) is 8.80. The number of alkyl halides is 4. The molecular weight excluding hydrogens is 460 g/mol. The summed E-state index contributed by atoms with van der Waals surface area (Å²) in [6.07, 6.45) is 0.559. The second-order valence-corrected chi connectivity index (χ2v) is 8.14. The van der Waals surface area contributed by atoms with E-state index in [-0.39, 0.29) is 29.7 Å². The maximum atomic E-state index is 12.6. The lowest BCUT2D eigenvalue weighted by Crippen LogP contribution is -2.31. The topological polar surface area (TPSA) is 132 Å². The Labute approximate surface area is 179 Å². The lowest BCUT2D eigenvalue weighted by molar-refractivity contribution is -0.0498. The van der Waals surface area contributed by atoms with Crippen LogP contribution in [0.3, 0.4) is 0 Å². The van der Waals surface area contributed by atoms with Crippen LogP contribution in [-0.2, 0) is 10.0 Å². The van der Waals surface area contributed by atoms with Gasteiger partial charge in [-0.15, -0.1) is 10.2 Å². The van der Waals surface area contributed by atoms with Crippen molar-refractivity contribution >= 4 is 16.0 Å². The van der Waals surface area contributed by atoms with Crippen molar-refractivity contribution in [3.8, 4) is 17.2 Å². The molecule has 0 aliphatic rings. The molecular formula is C17H16F4N6O4S. The van der Waals surface area contributed by atoms with Gasteiger partial charge in [-0.25, -0.2) is 23.1 Å². The molecule has 0 radical (unpaired) electrons. The number of halogens is 4. The summed E-state index contributed by atoms with van der Waals surface area (Å²) in [6, 6.07) is 4.86. The normalized spacial score (nSPS) is 12.8. The minimum Gasteiger partial charge on any atom is -0.435 e. The SMILES string of the molecule is CS(=O)(=O)NC[C@@H](Nc1ncc(-c2nnc(C(F)F)o2)cn1)c1ccc(OC(F)F)cc1. The van der Waals surface area contributed by atoms with Crippen molar-refractivity contribution in [2.24, 2.45) is 0 Å². The van der Waals surface area contributed by atoms with Crippen LogP contribution in [0.5, 0.6) is 5.75 Å². The van der Waals surface area contributed by atoms with Gasteiger partial charge in [0.2, 0.25) is 16.0 Å². The molecule has 0 unspecified atom stereocenters. The van der Waals surface area contributed by atoms with Crippen molar-refractivity contribution in [3.05, 3.63) is 48.1 Å². The number of nitrogens with one attached hydrogen (secondary N) is 2. The number of anilines is 1. The third-order valence-electron chi connectivity index (χ3n) is 3.89. The Morgan fingerprint density at radius 2 is 1.72 bits per heavy atom. The second-order valence-electron chi connectivity index (χ2n) is 6.31. The van der Waals surface area contributed by atoms with Gasteiger partial charge in [0.15, 0.2) is 0 Å². The van der Waals surface area contributed by atoms with Crippen LogP contribution in [-0.4, -0.2) is 48.0 Å². The molecule has 0 amide bonds. The predicted octanol–water partition coefficient (Wildman–Crippen LogP) is 2.77. The maximum Gasteiger partial charge on any atom is 0.387 e. The molecule has 0 fully saturated rings. The van der Waals surface area contributed by atoms with Crippen LogP contribution in [0, 0.1) is 0 Å². The van der Waals surface area contributed by atoms with Gasteiger partial charge >= 0.3 is 13.0 Å². The molecule has 0 aliphatic heterocycles. The summed E-state index contributed by atoms with van der Waals surface area (Å²) in [5.41, 5.74) is 0.711. The van der Waals surface area contributed by atoms with Gasteiger partial charge in [0.1, 0.15) is 5.75 Å². The van der Waals surface area contributed by atoms with E-state index < -0.39 is 35.0 Å². The quantitative estimate of drug-likeness (QED) is 0.424. The zero-order chi connectivity index (χ0) is 23.3. The van der Waals surface area contributed by atoms with Gasteiger partial charge in [0.25, 0.3) is 11.8 Å². The number of rotatable bonds is 10. The molecule has 3 rings (SSSR count). The van der Waals surface area contributed by atoms with Gasteiger partial charge in [-0.3, -0.25) is 0 Å². The van der Waals surface area contributed by atoms with Crippen LogP contribution in [0.1, 0.15) is 23.9 Å². The van der Waals surface area contributed by atoms with Gasteiger partial charge in [0.05, 0.1) is 17.9 Å². The van der Waals surface area contributed by atoms with E-state index in [4.69, 9.17) is 4.42 Å². The van der Waals surface area contributed by atoms with E-state index in [9.17, 15) is 26.0 Å². The van der Waals surface area contributed by atoms with Gasteiger partial charge in [-0.1, -0.05) is 12.1 Å². The number of nitrogens with zero attached hydrogens (tertiary/aromatic N) is 4. The van der Waals surface area contributed by atoms with E-state index in [0.29, 0.717) is 5.56 Å². The van der Waals surface area contributed by atoms with E-state index in [1.54, 1.807) is 0 Å². The zero-order valence-electron chi connectivity index (χ0n) is 16.2. The molecule has 32 heavy (non-hydrogen) atoms. The Balaban J connectivity index is 1.77. The Kier molecular flexibility index (Phi) is 7.19. The highest BCUT2D eigenvalue weighted by atomic mass is 32.2. The van der Waals surface area contributed by atoms with Crippen LogP contribution >= 0.6 is 0 Å². The minimum atomic E-state index is -3.53. The van der Waals surface area contributed by atoms with Crippen molar-refractivity contribution in [1.82, 2.24) is 24.9 Å². The summed E-state index contributed by atoms with van der Waals surface area (Å²) in [4.78, 5) is 8.07. The molecule has 0 aliphatic carbocycles. The number of ether oxygens (including phenoxy) is 1. The highest BCUT2D eigenvalue weighted by Crippen LogP contribution is 2.24. The Morgan fingerprint density at radius 3 is 2.25 bits per heavy atom. The summed E-state index contributed by atoms with van der Waals surface area (Å²) < 4.78 is 84.3. The summed E-state index contributed by atoms with van der Waals surface area (Å²) in [6.45, 7) is -3.09. The summed E-state index contributed by atoms with van der Waals surface area (Å²) in [7, 11) is -3.53. The molecule has 0 saturated heterocycles. The van der Waals surface area contributed by atoms with Crippen LogP contribution in [0.4, 0.5) is 23.5 Å². The zero-order valence-corrected chi connectivity index (χ0v) is 17.1. The van der Waals surface area contributed by atoms with Crippen molar-refractivity contribution in [2.75, 3.05) is 18.1 Å². The Hall–Kier alpha value is -3.33. The molecule has 0 spiro atoms. The Bertz CT molecular complexity index is 1130. The van der Waals surface area contributed by atoms with Gasteiger partial charge in [-0.05, 0) is 17.7 Å². The van der Waals surface area contributed by atoms with E-state index >= 15 is 0 Å². The molecule has 10 nitrogen and oxygen atoms in total. The molecule has 172 valence electrons. The van der Waals surface area contributed by atoms with E-state index in [0.717, 1.165) is 6.26 Å². The monoisotopic (exact) mass is 476 g/mol. The summed E-state index contributed by atoms with van der Waals surface area (Å²) in [5.74, 6) is -1.04. The smallest absolute Gasteiger partial charge is 0.387 e. The molecule has 3 aromatic rings. The fraction of sp³-hybridized carbons (Fsp3) is 0.294. The number of hydrogen-bond donors (Lipinski definition) is 2. The van der Waals surface area contributed by atoms with Gasteiger partial charge < -0.3 is 14.5 Å². The third-order valence-corrected chi connectivity index (χ3v) is 4.58. The first kappa shape index (κ1) is 23.3. The first-order chi connectivity index (χ1) is 15.1. The van der Waals surface area contributed by atoms with Crippen molar-refractivity contribution in [1.29, 1.82) is 0 Å². The van der Waals surface area contributed by atoms with Crippen molar-refractivity contribution < 1.29 is 35.1 Å². The predicted molar refractivity (Wildman–Crippen MR) is 103 cm³/mol. The number of benzene rings is 1. The van der Waals surface area contributed by atoms with Crippen molar-refractivity contribution in [3.63, 3.8) is 0 Å². The summed E-state index contributed by atoms with van der Waals surface area (Å²) in [5, 5.41) is 9.61. The fourth-order valence-corrected chi connectivity index (χ4v) is 2.95. The maximum absolute atomic E-state index is 12.6. The number of sulfonamides is 1. The van der Waals surface area contributed by atoms with Crippen molar-refractivity contribution in [2.45, 2.75) is 19.1 Å². The summed E-state index contributed by atoms with van der Waals surface area (Å²) >= 11 is 0. The molecule has 15 heteroatoms. The first-order valence-corrected chi connectivity index (χ1v) is 10.7. The lowest BCUT2D eigenvalue weighted by Gasteiger charge is -2.19. The lowest BCUT2D eigenvalue weighted by atomic mass is 10.1. The largest absolute Gasteiger partial charge is 0.435 e. The van der Waals surface area contributed by atoms with Gasteiger partial charge in [-0.2, -0.15) is 17.6 Å². The van der Waals surface area contributed by atoms with Gasteiger partial charge in [0, 0.05) is 18.9 Å². The minimum absolute atomic E-state index is 0.0653. The second kappa shape index (κ2) is 9.86. The highest BCUT2D eigenvalue weighted by molar-refractivity contribution is 7.88. The van der Waals surface area contributed by atoms with Crippen LogP contribution in [0.2, 0.25) is 0 Å². The highest BCUT2D eigenvalue weighted by Gasteiger charge is 2.19. The molecule has 2 N–H and O–H groups in total. The fourth-order valence-electron chi connectivity index (χ4n) is 2.48. The van der Waals surface area contributed by atoms with E-state index in [2.05, 4.69) is 34.9 Å². The molecule has 1 atom stereocenters. The average molecular weight is 476 g/mol. The Morgan fingerprint density at radius 1 is 1.06 bits per heavy atom. The van der Waals surface area contributed by atoms with Crippen LogP contribution in [0.25, 0.3) is 11.5 Å². The standard InChI is InChI=1S/C17H16F4N6O4S/c1-32(28,29)24-8-12(9-2-4-11(5-3-9)30-16(20)21)25-17-22-6-10(7-23-17)14-26-27-15(31-14)13(18)19/h2-7,12-13,16,24H,8H2,1H3,(H,22,23,25)/t12-/m1/s1. The van der Waals surface area contributed by atoms with Crippen LogP contribution < -0.4 is 14.8 Å². The molecule has 0 saturated carbocycles. The molecule has 1 aromatic carbocycles. The molecule has 0 bridgehead atoms. The number of aromatic nitrogens is 4. The molecule has 2 heterocycles. The van der Waals surface area contributed by atoms with E-state index in [1.807, 2.05) is 0 Å².